The number of hydrogen-bond acceptors (Lipinski definition) is 5. The zero-order valence-corrected chi connectivity index (χ0v) is 20.3. The summed E-state index contributed by atoms with van der Waals surface area (Å²) in [6, 6.07) is 16.9. The lowest BCUT2D eigenvalue weighted by Gasteiger charge is -2.15. The lowest BCUT2D eigenvalue weighted by atomic mass is 10.1. The molecule has 0 spiro atoms. The van der Waals surface area contributed by atoms with Gasteiger partial charge in [-0.3, -0.25) is 9.59 Å². The van der Waals surface area contributed by atoms with Crippen LogP contribution >= 0.6 is 46.6 Å². The van der Waals surface area contributed by atoms with E-state index in [0.29, 0.717) is 37.8 Å². The highest BCUT2D eigenvalue weighted by atomic mass is 35.5. The molecule has 0 N–H and O–H groups in total. The number of ether oxygens (including phenoxy) is 2. The second-order valence-electron chi connectivity index (χ2n) is 6.90. The first-order valence-corrected chi connectivity index (χ1v) is 11.6. The van der Waals surface area contributed by atoms with Crippen LogP contribution in [0.5, 0.6) is 11.5 Å². The van der Waals surface area contributed by atoms with Gasteiger partial charge in [0.15, 0.2) is 11.5 Å². The van der Waals surface area contributed by atoms with Crippen LogP contribution in [0, 0.1) is 0 Å². The summed E-state index contributed by atoms with van der Waals surface area (Å²) in [7, 11) is 1.52. The van der Waals surface area contributed by atoms with Gasteiger partial charge < -0.3 is 9.47 Å². The van der Waals surface area contributed by atoms with Crippen molar-refractivity contribution >= 4 is 69.5 Å². The second-order valence-corrected chi connectivity index (χ2v) is 9.17. The molecule has 0 unspecified atom stereocenters. The SMILES string of the molecule is COc1cccc(/C=C2\SC(=O)N(c3ccc(Cl)cc3)C2=O)c1OCc1ccc(Cl)cc1Cl. The van der Waals surface area contributed by atoms with Crippen LogP contribution in [0.3, 0.4) is 0 Å². The van der Waals surface area contributed by atoms with Crippen molar-refractivity contribution in [3.8, 4) is 11.5 Å². The number of halogens is 3. The van der Waals surface area contributed by atoms with E-state index in [2.05, 4.69) is 0 Å². The van der Waals surface area contributed by atoms with Gasteiger partial charge in [0, 0.05) is 26.2 Å². The molecule has 5 nitrogen and oxygen atoms in total. The molecule has 0 aliphatic carbocycles. The molecule has 1 fully saturated rings. The third kappa shape index (κ3) is 5.14. The number of carbonyl (C=O) groups excluding carboxylic acids is 2. The van der Waals surface area contributed by atoms with Gasteiger partial charge in [0.1, 0.15) is 6.61 Å². The average Bonchev–Trinajstić information content (AvgIpc) is 3.07. The van der Waals surface area contributed by atoms with Gasteiger partial charge in [-0.1, -0.05) is 53.0 Å². The first-order chi connectivity index (χ1) is 15.9. The van der Waals surface area contributed by atoms with Crippen molar-refractivity contribution in [3.05, 3.63) is 91.8 Å². The van der Waals surface area contributed by atoms with Crippen LogP contribution < -0.4 is 14.4 Å². The van der Waals surface area contributed by atoms with E-state index in [0.717, 1.165) is 22.2 Å². The van der Waals surface area contributed by atoms with Crippen LogP contribution in [0.15, 0.2) is 65.6 Å². The Hall–Kier alpha value is -2.64. The minimum atomic E-state index is -0.429. The summed E-state index contributed by atoms with van der Waals surface area (Å²) in [5, 5.41) is 1.12. The Bertz CT molecular complexity index is 1260. The van der Waals surface area contributed by atoms with E-state index < -0.39 is 11.1 Å². The van der Waals surface area contributed by atoms with Crippen molar-refractivity contribution < 1.29 is 19.1 Å². The standard InChI is InChI=1S/C24H16Cl3NO4S/c1-31-20-4-2-3-14(22(20)32-13-15-5-6-17(26)12-19(15)27)11-21-23(29)28(24(30)33-21)18-9-7-16(25)8-10-18/h2-12H,13H2,1H3/b21-11-. The van der Waals surface area contributed by atoms with Gasteiger partial charge in [-0.05, 0) is 60.3 Å². The number of amides is 2. The molecule has 0 atom stereocenters. The molecule has 2 amide bonds. The van der Waals surface area contributed by atoms with E-state index in [1.54, 1.807) is 66.7 Å². The van der Waals surface area contributed by atoms with Gasteiger partial charge in [0.25, 0.3) is 11.1 Å². The first-order valence-electron chi connectivity index (χ1n) is 9.64. The summed E-state index contributed by atoms with van der Waals surface area (Å²) >= 11 is 19.0. The van der Waals surface area contributed by atoms with E-state index in [9.17, 15) is 9.59 Å². The largest absolute Gasteiger partial charge is 0.493 e. The van der Waals surface area contributed by atoms with Gasteiger partial charge in [0.2, 0.25) is 0 Å². The van der Waals surface area contributed by atoms with Crippen molar-refractivity contribution in [1.82, 2.24) is 0 Å². The molecule has 0 radical (unpaired) electrons. The summed E-state index contributed by atoms with van der Waals surface area (Å²) in [6.45, 7) is 0.156. The molecule has 168 valence electrons. The molecule has 1 heterocycles. The molecule has 33 heavy (non-hydrogen) atoms. The number of hydrogen-bond donors (Lipinski definition) is 0. The number of carbonyl (C=O) groups is 2. The summed E-state index contributed by atoms with van der Waals surface area (Å²) in [5.41, 5.74) is 1.77. The highest BCUT2D eigenvalue weighted by Gasteiger charge is 2.36. The minimum absolute atomic E-state index is 0.156. The van der Waals surface area contributed by atoms with Crippen LogP contribution in [-0.2, 0) is 11.4 Å². The van der Waals surface area contributed by atoms with Crippen molar-refractivity contribution in [3.63, 3.8) is 0 Å². The maximum Gasteiger partial charge on any atom is 0.298 e. The summed E-state index contributed by atoms with van der Waals surface area (Å²) < 4.78 is 11.5. The fourth-order valence-corrected chi connectivity index (χ4v) is 4.59. The summed E-state index contributed by atoms with van der Waals surface area (Å²) in [6.07, 6.45) is 1.61. The zero-order valence-electron chi connectivity index (χ0n) is 17.2. The highest BCUT2D eigenvalue weighted by Crippen LogP contribution is 2.39. The molecule has 1 aliphatic rings. The normalized spacial score (nSPS) is 14.8. The summed E-state index contributed by atoms with van der Waals surface area (Å²) in [4.78, 5) is 26.9. The molecule has 3 aromatic carbocycles. The van der Waals surface area contributed by atoms with E-state index in [-0.39, 0.29) is 11.5 Å². The maximum absolute atomic E-state index is 13.0. The van der Waals surface area contributed by atoms with Crippen LogP contribution in [0.1, 0.15) is 11.1 Å². The first kappa shape index (κ1) is 23.5. The Labute approximate surface area is 209 Å². The number of anilines is 1. The molecule has 4 rings (SSSR count). The number of nitrogens with zero attached hydrogens (tertiary/aromatic N) is 1. The predicted molar refractivity (Wildman–Crippen MR) is 134 cm³/mol. The van der Waals surface area contributed by atoms with E-state index in [1.165, 1.54) is 7.11 Å². The second kappa shape index (κ2) is 10.1. The van der Waals surface area contributed by atoms with Crippen LogP contribution in [0.25, 0.3) is 6.08 Å². The van der Waals surface area contributed by atoms with Gasteiger partial charge in [-0.2, -0.15) is 0 Å². The molecule has 9 heteroatoms. The fourth-order valence-electron chi connectivity index (χ4n) is 3.17. The van der Waals surface area contributed by atoms with E-state index in [4.69, 9.17) is 44.3 Å². The molecule has 1 saturated heterocycles. The van der Waals surface area contributed by atoms with Gasteiger partial charge >= 0.3 is 0 Å². The van der Waals surface area contributed by atoms with Crippen LogP contribution in [0.2, 0.25) is 15.1 Å². The molecule has 3 aromatic rings. The molecular weight excluding hydrogens is 505 g/mol. The van der Waals surface area contributed by atoms with Gasteiger partial charge in [-0.15, -0.1) is 0 Å². The number of methoxy groups -OCH3 is 1. The third-order valence-electron chi connectivity index (χ3n) is 4.78. The Kier molecular flexibility index (Phi) is 7.20. The highest BCUT2D eigenvalue weighted by molar-refractivity contribution is 8.19. The monoisotopic (exact) mass is 519 g/mol. The Balaban J connectivity index is 1.64. The number of benzene rings is 3. The summed E-state index contributed by atoms with van der Waals surface area (Å²) in [5.74, 6) is 0.469. The van der Waals surface area contributed by atoms with E-state index >= 15 is 0 Å². The number of para-hydroxylation sites is 1. The van der Waals surface area contributed by atoms with Crippen molar-refractivity contribution in [2.45, 2.75) is 6.61 Å². The Morgan fingerprint density at radius 1 is 0.970 bits per heavy atom. The zero-order chi connectivity index (χ0) is 23.5. The predicted octanol–water partition coefficient (Wildman–Crippen LogP) is 7.48. The molecule has 0 aromatic heterocycles. The van der Waals surface area contributed by atoms with Crippen LogP contribution in [0.4, 0.5) is 10.5 Å². The Morgan fingerprint density at radius 2 is 1.70 bits per heavy atom. The third-order valence-corrected chi connectivity index (χ3v) is 6.49. The number of thioether (sulfide) groups is 1. The molecule has 0 saturated carbocycles. The Morgan fingerprint density at radius 3 is 2.39 bits per heavy atom. The quantitative estimate of drug-likeness (QED) is 0.315. The number of imide groups is 1. The topological polar surface area (TPSA) is 55.8 Å². The van der Waals surface area contributed by atoms with Crippen molar-refractivity contribution in [2.75, 3.05) is 12.0 Å². The van der Waals surface area contributed by atoms with Crippen molar-refractivity contribution in [1.29, 1.82) is 0 Å². The van der Waals surface area contributed by atoms with Gasteiger partial charge in [-0.25, -0.2) is 4.90 Å². The molecule has 1 aliphatic heterocycles. The lowest BCUT2D eigenvalue weighted by Crippen LogP contribution is -2.27. The lowest BCUT2D eigenvalue weighted by molar-refractivity contribution is -0.113. The average molecular weight is 521 g/mol. The van der Waals surface area contributed by atoms with Crippen LogP contribution in [-0.4, -0.2) is 18.3 Å². The number of rotatable bonds is 6. The fraction of sp³-hybridized carbons (Fsp3) is 0.0833. The maximum atomic E-state index is 13.0. The van der Waals surface area contributed by atoms with Crippen molar-refractivity contribution in [2.24, 2.45) is 0 Å². The molecule has 0 bridgehead atoms. The minimum Gasteiger partial charge on any atom is -0.493 e. The molecular formula is C24H16Cl3NO4S. The smallest absolute Gasteiger partial charge is 0.298 e. The van der Waals surface area contributed by atoms with Gasteiger partial charge in [0.05, 0.1) is 17.7 Å². The van der Waals surface area contributed by atoms with E-state index in [1.807, 2.05) is 0 Å².